The van der Waals surface area contributed by atoms with Crippen LogP contribution in [0, 0.1) is 3.57 Å². The molecule has 2 aliphatic rings. The number of nitrogens with zero attached hydrogens (tertiary/aromatic N) is 2. The summed E-state index contributed by atoms with van der Waals surface area (Å²) < 4.78 is 53.1. The van der Waals surface area contributed by atoms with Crippen molar-refractivity contribution in [3.63, 3.8) is 0 Å². The summed E-state index contributed by atoms with van der Waals surface area (Å²) in [5.41, 5.74) is 3.01. The summed E-state index contributed by atoms with van der Waals surface area (Å²) >= 11 is 4.39. The minimum absolute atomic E-state index is 0.504. The van der Waals surface area contributed by atoms with Crippen LogP contribution >= 0.6 is 34.4 Å². The van der Waals surface area contributed by atoms with E-state index in [1.807, 2.05) is 11.8 Å². The molecule has 12 heteroatoms. The van der Waals surface area contributed by atoms with Crippen LogP contribution in [-0.2, 0) is 26.7 Å². The molecule has 2 aromatic rings. The highest BCUT2D eigenvalue weighted by atomic mass is 127. The standard InChI is InChI=1S/C19H21IN2S.2CH4O3S/c1-21-8-10-22(11-9-21)17-12-14-4-2-3-5-18(14)23-19-7-6-15(20)13-16(17)19;2*1-5(2,3)4/h2-7,13,17H,8-12H2,1H3;2*1H3,(H,2,3,4). The molecule has 1 atom stereocenters. The number of hydrogen-bond donors (Lipinski definition) is 2. The van der Waals surface area contributed by atoms with E-state index in [-0.39, 0.29) is 0 Å². The number of halogens is 1. The average molecular weight is 629 g/mol. The molecular formula is C21H29IN2O6S3. The van der Waals surface area contributed by atoms with Gasteiger partial charge in [-0.1, -0.05) is 30.0 Å². The quantitative estimate of drug-likeness (QED) is 0.363. The van der Waals surface area contributed by atoms with Gasteiger partial charge in [-0.2, -0.15) is 16.8 Å². The second kappa shape index (κ2) is 12.3. The molecule has 33 heavy (non-hydrogen) atoms. The first kappa shape index (κ1) is 28.5. The smallest absolute Gasteiger partial charge is 0.261 e. The molecule has 4 rings (SSSR count). The second-order valence-electron chi connectivity index (χ2n) is 7.92. The van der Waals surface area contributed by atoms with Gasteiger partial charge in [0, 0.05) is 45.6 Å². The summed E-state index contributed by atoms with van der Waals surface area (Å²) in [5, 5.41) is 0. The Labute approximate surface area is 214 Å². The molecule has 0 bridgehead atoms. The molecule has 0 amide bonds. The summed E-state index contributed by atoms with van der Waals surface area (Å²) in [6.07, 6.45) is 2.56. The highest BCUT2D eigenvalue weighted by molar-refractivity contribution is 14.1. The maximum atomic E-state index is 9.19. The van der Waals surface area contributed by atoms with Crippen molar-refractivity contribution >= 4 is 54.6 Å². The maximum absolute atomic E-state index is 9.19. The Bertz CT molecular complexity index is 1100. The first-order valence-corrected chi connectivity index (χ1v) is 15.6. The second-order valence-corrected chi connectivity index (χ2v) is 13.2. The predicted octanol–water partition coefficient (Wildman–Crippen LogP) is 3.30. The summed E-state index contributed by atoms with van der Waals surface area (Å²) in [6, 6.07) is 16.4. The van der Waals surface area contributed by atoms with Crippen molar-refractivity contribution in [2.75, 3.05) is 45.7 Å². The largest absolute Gasteiger partial charge is 0.304 e. The molecule has 8 nitrogen and oxygen atoms in total. The molecule has 1 saturated heterocycles. The topological polar surface area (TPSA) is 115 Å². The lowest BCUT2D eigenvalue weighted by atomic mass is 9.97. The van der Waals surface area contributed by atoms with Crippen LogP contribution in [0.3, 0.4) is 0 Å². The SMILES string of the molecule is CN1CCN(C2Cc3ccccc3Sc3ccc(I)cc32)CC1.CS(=O)(=O)O.CS(=O)(=O)O. The number of rotatable bonds is 1. The summed E-state index contributed by atoms with van der Waals surface area (Å²) in [4.78, 5) is 7.98. The Balaban J connectivity index is 0.000000327. The molecule has 2 N–H and O–H groups in total. The molecule has 0 radical (unpaired) electrons. The number of piperazine rings is 1. The van der Waals surface area contributed by atoms with Crippen molar-refractivity contribution in [3.05, 3.63) is 57.2 Å². The van der Waals surface area contributed by atoms with Crippen LogP contribution < -0.4 is 0 Å². The van der Waals surface area contributed by atoms with Crippen molar-refractivity contribution in [2.45, 2.75) is 22.3 Å². The van der Waals surface area contributed by atoms with Crippen LogP contribution in [-0.4, -0.2) is 81.5 Å². The fourth-order valence-electron chi connectivity index (χ4n) is 3.54. The molecule has 184 valence electrons. The molecule has 0 spiro atoms. The minimum Gasteiger partial charge on any atom is -0.304 e. The van der Waals surface area contributed by atoms with E-state index in [2.05, 4.69) is 81.9 Å². The maximum Gasteiger partial charge on any atom is 0.261 e. The molecule has 0 aliphatic carbocycles. The van der Waals surface area contributed by atoms with Crippen molar-refractivity contribution in [3.8, 4) is 0 Å². The van der Waals surface area contributed by atoms with E-state index in [0.717, 1.165) is 6.42 Å². The van der Waals surface area contributed by atoms with Gasteiger partial charge >= 0.3 is 0 Å². The molecule has 0 aromatic heterocycles. The van der Waals surface area contributed by atoms with E-state index >= 15 is 0 Å². The highest BCUT2D eigenvalue weighted by Gasteiger charge is 2.29. The zero-order valence-electron chi connectivity index (χ0n) is 18.7. The van der Waals surface area contributed by atoms with E-state index in [9.17, 15) is 16.8 Å². The number of likely N-dealkylation sites (N-methyl/N-ethyl adjacent to an activating group) is 1. The van der Waals surface area contributed by atoms with E-state index in [0.29, 0.717) is 18.6 Å². The van der Waals surface area contributed by atoms with Crippen LogP contribution in [0.2, 0.25) is 0 Å². The Morgan fingerprint density at radius 2 is 1.45 bits per heavy atom. The minimum atomic E-state index is -3.67. The average Bonchev–Trinajstić information content (AvgIpc) is 2.83. The van der Waals surface area contributed by atoms with E-state index < -0.39 is 20.2 Å². The summed E-state index contributed by atoms with van der Waals surface area (Å²) in [5.74, 6) is 0. The fourth-order valence-corrected chi connectivity index (χ4v) is 5.17. The molecule has 2 heterocycles. The summed E-state index contributed by atoms with van der Waals surface area (Å²) in [6.45, 7) is 4.67. The predicted molar refractivity (Wildman–Crippen MR) is 140 cm³/mol. The molecule has 1 fully saturated rings. The molecule has 1 unspecified atom stereocenters. The molecular weight excluding hydrogens is 599 g/mol. The van der Waals surface area contributed by atoms with Gasteiger partial charge in [0.2, 0.25) is 0 Å². The van der Waals surface area contributed by atoms with Gasteiger partial charge in [0.25, 0.3) is 20.2 Å². The van der Waals surface area contributed by atoms with Gasteiger partial charge in [-0.05, 0) is 71.5 Å². The lowest BCUT2D eigenvalue weighted by molar-refractivity contribution is 0.110. The Morgan fingerprint density at radius 1 is 0.909 bits per heavy atom. The van der Waals surface area contributed by atoms with E-state index in [1.54, 1.807) is 0 Å². The van der Waals surface area contributed by atoms with Crippen molar-refractivity contribution in [1.82, 2.24) is 9.80 Å². The number of fused-ring (bicyclic) bond motifs is 2. The first-order valence-electron chi connectivity index (χ1n) is 10.0. The lowest BCUT2D eigenvalue weighted by Crippen LogP contribution is -2.46. The molecule has 0 saturated carbocycles. The van der Waals surface area contributed by atoms with Gasteiger partial charge in [-0.15, -0.1) is 0 Å². The van der Waals surface area contributed by atoms with Gasteiger partial charge in [0.1, 0.15) is 0 Å². The third kappa shape index (κ3) is 11.0. The van der Waals surface area contributed by atoms with E-state index in [4.69, 9.17) is 9.11 Å². The number of hydrogen-bond acceptors (Lipinski definition) is 7. The third-order valence-electron chi connectivity index (χ3n) is 4.92. The lowest BCUT2D eigenvalue weighted by Gasteiger charge is -2.38. The van der Waals surface area contributed by atoms with Gasteiger partial charge in [-0.3, -0.25) is 14.0 Å². The third-order valence-corrected chi connectivity index (χ3v) is 6.80. The zero-order valence-corrected chi connectivity index (χ0v) is 23.3. The molecule has 2 aliphatic heterocycles. The Morgan fingerprint density at radius 3 is 2.03 bits per heavy atom. The van der Waals surface area contributed by atoms with Crippen LogP contribution in [0.15, 0.2) is 52.3 Å². The fraction of sp³-hybridized carbons (Fsp3) is 0.429. The first-order chi connectivity index (χ1) is 15.2. The van der Waals surface area contributed by atoms with Crippen LogP contribution in [0.1, 0.15) is 17.2 Å². The van der Waals surface area contributed by atoms with Gasteiger partial charge < -0.3 is 4.90 Å². The Kier molecular flexibility index (Phi) is 10.6. The van der Waals surface area contributed by atoms with E-state index in [1.165, 1.54) is 50.7 Å². The monoisotopic (exact) mass is 628 g/mol. The van der Waals surface area contributed by atoms with Gasteiger partial charge in [-0.25, -0.2) is 0 Å². The Hall–Kier alpha value is -0.740. The highest BCUT2D eigenvalue weighted by Crippen LogP contribution is 2.43. The van der Waals surface area contributed by atoms with Crippen LogP contribution in [0.4, 0.5) is 0 Å². The van der Waals surface area contributed by atoms with Crippen molar-refractivity contribution < 1.29 is 25.9 Å². The van der Waals surface area contributed by atoms with Gasteiger partial charge in [0.15, 0.2) is 0 Å². The van der Waals surface area contributed by atoms with Gasteiger partial charge in [0.05, 0.1) is 12.5 Å². The number of benzene rings is 2. The van der Waals surface area contributed by atoms with Crippen LogP contribution in [0.25, 0.3) is 0 Å². The van der Waals surface area contributed by atoms with Crippen molar-refractivity contribution in [2.24, 2.45) is 0 Å². The molecule has 2 aromatic carbocycles. The van der Waals surface area contributed by atoms with Crippen LogP contribution in [0.5, 0.6) is 0 Å². The normalized spacial score (nSPS) is 19.0. The summed E-state index contributed by atoms with van der Waals surface area (Å²) in [7, 11) is -5.10. The zero-order chi connectivity index (χ0) is 24.8. The van der Waals surface area contributed by atoms with Crippen molar-refractivity contribution in [1.29, 1.82) is 0 Å².